The molecule has 2 heterocycles. The number of ether oxygens (including phenoxy) is 1. The van der Waals surface area contributed by atoms with E-state index in [4.69, 9.17) is 4.74 Å². The van der Waals surface area contributed by atoms with E-state index in [9.17, 15) is 14.4 Å². The topological polar surface area (TPSA) is 79.0 Å². The van der Waals surface area contributed by atoms with Gasteiger partial charge in [-0.3, -0.25) is 14.5 Å². The van der Waals surface area contributed by atoms with E-state index < -0.39 is 11.6 Å². The van der Waals surface area contributed by atoms with E-state index in [0.717, 1.165) is 24.3 Å². The SMILES string of the molecule is CCN(CC1CCOC1)C(=O)CN1C(=O)NC2(CC(C)CC(C)(C)C2)C1=O. The van der Waals surface area contributed by atoms with Gasteiger partial charge in [-0.25, -0.2) is 4.79 Å². The molecule has 1 N–H and O–H groups in total. The molecule has 3 atom stereocenters. The molecule has 2 saturated heterocycles. The van der Waals surface area contributed by atoms with Crippen LogP contribution in [0.2, 0.25) is 0 Å². The predicted molar refractivity (Wildman–Crippen MR) is 101 cm³/mol. The zero-order valence-electron chi connectivity index (χ0n) is 17.0. The summed E-state index contributed by atoms with van der Waals surface area (Å²) in [6.45, 7) is 10.7. The number of hydrogen-bond acceptors (Lipinski definition) is 4. The maximum Gasteiger partial charge on any atom is 0.325 e. The number of amides is 4. The number of hydrogen-bond donors (Lipinski definition) is 1. The average Bonchev–Trinajstić information content (AvgIpc) is 3.13. The van der Waals surface area contributed by atoms with Gasteiger partial charge in [0.15, 0.2) is 0 Å². The average molecular weight is 380 g/mol. The van der Waals surface area contributed by atoms with E-state index in [1.807, 2.05) is 6.92 Å². The molecule has 3 unspecified atom stereocenters. The summed E-state index contributed by atoms with van der Waals surface area (Å²) >= 11 is 0. The van der Waals surface area contributed by atoms with Crippen molar-refractivity contribution in [3.8, 4) is 0 Å². The zero-order valence-corrected chi connectivity index (χ0v) is 17.0. The number of nitrogens with zero attached hydrogens (tertiary/aromatic N) is 2. The first-order valence-electron chi connectivity index (χ1n) is 10.2. The number of urea groups is 1. The van der Waals surface area contributed by atoms with Crippen LogP contribution >= 0.6 is 0 Å². The molecule has 0 radical (unpaired) electrons. The molecule has 0 aromatic carbocycles. The summed E-state index contributed by atoms with van der Waals surface area (Å²) in [4.78, 5) is 41.4. The largest absolute Gasteiger partial charge is 0.381 e. The van der Waals surface area contributed by atoms with E-state index in [-0.39, 0.29) is 23.8 Å². The lowest BCUT2D eigenvalue weighted by atomic mass is 9.64. The molecule has 152 valence electrons. The summed E-state index contributed by atoms with van der Waals surface area (Å²) < 4.78 is 5.39. The maximum atomic E-state index is 13.2. The lowest BCUT2D eigenvalue weighted by Gasteiger charge is -2.43. The summed E-state index contributed by atoms with van der Waals surface area (Å²) in [5, 5.41) is 2.94. The van der Waals surface area contributed by atoms with Crippen molar-refractivity contribution in [3.63, 3.8) is 0 Å². The van der Waals surface area contributed by atoms with Crippen molar-refractivity contribution in [1.82, 2.24) is 15.1 Å². The van der Waals surface area contributed by atoms with Gasteiger partial charge in [-0.15, -0.1) is 0 Å². The molecule has 7 nitrogen and oxygen atoms in total. The lowest BCUT2D eigenvalue weighted by molar-refractivity contribution is -0.141. The Balaban J connectivity index is 1.68. The third-order valence-electron chi connectivity index (χ3n) is 6.15. The normalized spacial score (nSPS) is 32.8. The molecule has 7 heteroatoms. The molecule has 4 amide bonds. The Labute approximate surface area is 161 Å². The first-order valence-corrected chi connectivity index (χ1v) is 10.2. The smallest absolute Gasteiger partial charge is 0.325 e. The van der Waals surface area contributed by atoms with Crippen molar-refractivity contribution in [2.24, 2.45) is 17.3 Å². The summed E-state index contributed by atoms with van der Waals surface area (Å²) in [5.41, 5.74) is -0.868. The highest BCUT2D eigenvalue weighted by molar-refractivity contribution is 6.09. The van der Waals surface area contributed by atoms with E-state index in [1.54, 1.807) is 4.90 Å². The molecule has 3 aliphatic rings. The molecular weight excluding hydrogens is 346 g/mol. The Morgan fingerprint density at radius 3 is 2.67 bits per heavy atom. The lowest BCUT2D eigenvalue weighted by Crippen LogP contribution is -2.54. The van der Waals surface area contributed by atoms with Crippen LogP contribution in [0.1, 0.15) is 53.4 Å². The van der Waals surface area contributed by atoms with E-state index in [1.165, 1.54) is 0 Å². The fourth-order valence-corrected chi connectivity index (χ4v) is 5.33. The van der Waals surface area contributed by atoms with Crippen LogP contribution in [0.25, 0.3) is 0 Å². The minimum Gasteiger partial charge on any atom is -0.381 e. The van der Waals surface area contributed by atoms with Gasteiger partial charge >= 0.3 is 6.03 Å². The molecule has 3 rings (SSSR count). The van der Waals surface area contributed by atoms with Gasteiger partial charge in [-0.05, 0) is 43.9 Å². The number of rotatable bonds is 5. The molecule has 1 spiro atoms. The van der Waals surface area contributed by atoms with Crippen LogP contribution in [0.5, 0.6) is 0 Å². The maximum absolute atomic E-state index is 13.2. The number of imide groups is 1. The number of nitrogens with one attached hydrogen (secondary N) is 1. The zero-order chi connectivity index (χ0) is 19.8. The van der Waals surface area contributed by atoms with Gasteiger partial charge in [0.1, 0.15) is 12.1 Å². The Kier molecular flexibility index (Phi) is 5.52. The van der Waals surface area contributed by atoms with Crippen LogP contribution in [0.4, 0.5) is 4.79 Å². The van der Waals surface area contributed by atoms with E-state index in [0.29, 0.717) is 44.4 Å². The third kappa shape index (κ3) is 4.13. The van der Waals surface area contributed by atoms with Gasteiger partial charge in [-0.2, -0.15) is 0 Å². The van der Waals surface area contributed by atoms with Gasteiger partial charge in [-0.1, -0.05) is 20.8 Å². The summed E-state index contributed by atoms with van der Waals surface area (Å²) in [6.07, 6.45) is 3.24. The van der Waals surface area contributed by atoms with Crippen LogP contribution in [-0.4, -0.2) is 66.0 Å². The highest BCUT2D eigenvalue weighted by Crippen LogP contribution is 2.46. The van der Waals surface area contributed by atoms with Crippen LogP contribution in [-0.2, 0) is 14.3 Å². The highest BCUT2D eigenvalue weighted by atomic mass is 16.5. The van der Waals surface area contributed by atoms with Crippen molar-refractivity contribution < 1.29 is 19.1 Å². The minimum atomic E-state index is -0.852. The molecule has 0 bridgehead atoms. The quantitative estimate of drug-likeness (QED) is 0.741. The van der Waals surface area contributed by atoms with Crippen LogP contribution in [0, 0.1) is 17.3 Å². The van der Waals surface area contributed by atoms with Crippen molar-refractivity contribution in [1.29, 1.82) is 0 Å². The molecule has 1 saturated carbocycles. The summed E-state index contributed by atoms with van der Waals surface area (Å²) in [5.74, 6) is 0.278. The van der Waals surface area contributed by atoms with Gasteiger partial charge in [0.25, 0.3) is 5.91 Å². The van der Waals surface area contributed by atoms with Crippen molar-refractivity contribution in [3.05, 3.63) is 0 Å². The van der Waals surface area contributed by atoms with Crippen LogP contribution in [0.15, 0.2) is 0 Å². The first kappa shape index (κ1) is 20.1. The second-order valence-electron chi connectivity index (χ2n) is 9.42. The van der Waals surface area contributed by atoms with Gasteiger partial charge in [0, 0.05) is 25.6 Å². The summed E-state index contributed by atoms with van der Waals surface area (Å²) in [7, 11) is 0. The first-order chi connectivity index (χ1) is 12.7. The molecule has 3 fully saturated rings. The number of likely N-dealkylation sites (N-methyl/N-ethyl adjacent to an activating group) is 1. The van der Waals surface area contributed by atoms with E-state index in [2.05, 4.69) is 26.1 Å². The fraction of sp³-hybridized carbons (Fsp3) is 0.850. The van der Waals surface area contributed by atoms with Gasteiger partial charge in [0.2, 0.25) is 5.91 Å². The number of carbonyl (C=O) groups excluding carboxylic acids is 3. The Morgan fingerprint density at radius 1 is 1.33 bits per heavy atom. The molecule has 2 aliphatic heterocycles. The van der Waals surface area contributed by atoms with Crippen molar-refractivity contribution in [2.75, 3.05) is 32.8 Å². The number of carbonyl (C=O) groups is 3. The standard InChI is InChI=1S/C20H33N3O4/c1-5-22(10-15-6-7-27-12-15)16(24)11-23-17(25)20(21-18(23)26)9-14(2)8-19(3,4)13-20/h14-15H,5-13H2,1-4H3,(H,21,26). The van der Waals surface area contributed by atoms with Crippen molar-refractivity contribution >= 4 is 17.8 Å². The second-order valence-corrected chi connectivity index (χ2v) is 9.42. The predicted octanol–water partition coefficient (Wildman–Crippen LogP) is 2.01. The highest BCUT2D eigenvalue weighted by Gasteiger charge is 2.56. The Hall–Kier alpha value is -1.63. The molecule has 0 aromatic rings. The molecule has 27 heavy (non-hydrogen) atoms. The second kappa shape index (κ2) is 7.41. The van der Waals surface area contributed by atoms with Crippen LogP contribution < -0.4 is 5.32 Å². The third-order valence-corrected chi connectivity index (χ3v) is 6.15. The minimum absolute atomic E-state index is 0.0153. The monoisotopic (exact) mass is 379 g/mol. The Morgan fingerprint density at radius 2 is 2.07 bits per heavy atom. The van der Waals surface area contributed by atoms with Crippen LogP contribution in [0.3, 0.4) is 0 Å². The molecule has 0 aromatic heterocycles. The van der Waals surface area contributed by atoms with E-state index >= 15 is 0 Å². The Bertz CT molecular complexity index is 614. The van der Waals surface area contributed by atoms with Gasteiger partial charge < -0.3 is 15.0 Å². The fourth-order valence-electron chi connectivity index (χ4n) is 5.33. The summed E-state index contributed by atoms with van der Waals surface area (Å²) in [6, 6.07) is -0.432. The van der Waals surface area contributed by atoms with Crippen molar-refractivity contribution in [2.45, 2.75) is 58.9 Å². The molecule has 1 aliphatic carbocycles. The van der Waals surface area contributed by atoms with Gasteiger partial charge in [0.05, 0.1) is 6.61 Å². The molecular formula is C20H33N3O4.